The third kappa shape index (κ3) is 7.35. The quantitative estimate of drug-likeness (QED) is 0.0926. The lowest BCUT2D eigenvalue weighted by atomic mass is 9.93. The number of alkyl halides is 11. The summed E-state index contributed by atoms with van der Waals surface area (Å²) in [6.45, 7) is 15.8. The van der Waals surface area contributed by atoms with Gasteiger partial charge in [-0.15, -0.1) is 0 Å². The molecule has 0 heterocycles. The van der Waals surface area contributed by atoms with Crippen LogP contribution in [-0.2, 0) is 10.1 Å². The van der Waals surface area contributed by atoms with Gasteiger partial charge in [0.15, 0.2) is 16.3 Å². The van der Waals surface area contributed by atoms with E-state index in [1.54, 1.807) is 6.92 Å². The van der Waals surface area contributed by atoms with Gasteiger partial charge in [-0.1, -0.05) is 32.6 Å². The Kier molecular flexibility index (Phi) is 13.7. The highest BCUT2D eigenvalue weighted by Gasteiger charge is 2.88. The number of hydrogen-bond donors (Lipinski definition) is 0. The normalized spacial score (nSPS) is 15.4. The molecule has 0 aromatic carbocycles. The minimum atomic E-state index is -7.79. The van der Waals surface area contributed by atoms with Crippen molar-refractivity contribution in [3.8, 4) is 0 Å². The SMILES string of the molecule is CCCCCCC(F)C(F)(F)C(F)(F)C(F)(F)C(F)(F)C(F)(F)S(=O)(=O)[O-].CC[N+](CC)(CC)CC. The zero-order chi connectivity index (χ0) is 29.4. The fourth-order valence-electron chi connectivity index (χ4n) is 3.22. The molecule has 0 aromatic rings. The summed E-state index contributed by atoms with van der Waals surface area (Å²) in [7, 11) is -7.68. The molecule has 0 saturated heterocycles. The number of unbranched alkanes of at least 4 members (excludes halogenated alkanes) is 3. The first-order valence-corrected chi connectivity index (χ1v) is 12.7. The Morgan fingerprint density at radius 3 is 1.33 bits per heavy atom. The Morgan fingerprint density at radius 1 is 0.667 bits per heavy atom. The molecule has 0 aliphatic rings. The van der Waals surface area contributed by atoms with Crippen LogP contribution in [0.15, 0.2) is 0 Å². The molecule has 0 saturated carbocycles. The van der Waals surface area contributed by atoms with E-state index in [-0.39, 0.29) is 6.42 Å². The van der Waals surface area contributed by atoms with Gasteiger partial charge < -0.3 is 9.04 Å². The van der Waals surface area contributed by atoms with Crippen molar-refractivity contribution in [3.63, 3.8) is 0 Å². The zero-order valence-electron chi connectivity index (χ0n) is 20.7. The fourth-order valence-corrected chi connectivity index (χ4v) is 3.66. The molecule has 36 heavy (non-hydrogen) atoms. The maximum absolute atomic E-state index is 13.4. The molecule has 0 aliphatic heterocycles. The minimum Gasteiger partial charge on any atom is -0.743 e. The van der Waals surface area contributed by atoms with Crippen LogP contribution in [0.5, 0.6) is 0 Å². The van der Waals surface area contributed by atoms with E-state index in [1.807, 2.05) is 0 Å². The van der Waals surface area contributed by atoms with Crippen molar-refractivity contribution in [2.24, 2.45) is 0 Å². The summed E-state index contributed by atoms with van der Waals surface area (Å²) in [5.41, 5.74) is 0. The first-order valence-electron chi connectivity index (χ1n) is 11.3. The van der Waals surface area contributed by atoms with E-state index in [0.29, 0.717) is 12.8 Å². The largest absolute Gasteiger partial charge is 0.743 e. The molecule has 220 valence electrons. The van der Waals surface area contributed by atoms with Gasteiger partial charge in [-0.25, -0.2) is 12.8 Å². The minimum absolute atomic E-state index is 0.00236. The average molecular weight is 578 g/mol. The molecular formula is C20H34F11NO3S. The second-order valence-corrected chi connectivity index (χ2v) is 9.66. The first-order chi connectivity index (χ1) is 16.0. The maximum Gasteiger partial charge on any atom is 0.402 e. The van der Waals surface area contributed by atoms with Gasteiger partial charge in [0.1, 0.15) is 0 Å². The van der Waals surface area contributed by atoms with Gasteiger partial charge >= 0.3 is 28.9 Å². The molecule has 0 aromatic heterocycles. The van der Waals surface area contributed by atoms with Crippen LogP contribution in [0, 0.1) is 0 Å². The Labute approximate surface area is 204 Å². The molecule has 0 radical (unpaired) electrons. The molecule has 1 unspecified atom stereocenters. The van der Waals surface area contributed by atoms with E-state index in [4.69, 9.17) is 0 Å². The highest BCUT2D eigenvalue weighted by molar-refractivity contribution is 7.86. The van der Waals surface area contributed by atoms with Crippen molar-refractivity contribution in [1.82, 2.24) is 0 Å². The van der Waals surface area contributed by atoms with E-state index >= 15 is 0 Å². The summed E-state index contributed by atoms with van der Waals surface area (Å²) < 4.78 is 177. The number of rotatable bonds is 15. The van der Waals surface area contributed by atoms with Gasteiger partial charge in [0, 0.05) is 0 Å². The number of halogens is 11. The fraction of sp³-hybridized carbons (Fsp3) is 1.00. The van der Waals surface area contributed by atoms with Crippen LogP contribution in [0.4, 0.5) is 48.3 Å². The van der Waals surface area contributed by atoms with Crippen LogP contribution < -0.4 is 0 Å². The van der Waals surface area contributed by atoms with Crippen LogP contribution in [0.2, 0.25) is 0 Å². The first kappa shape index (κ1) is 37.3. The molecule has 0 amide bonds. The molecule has 1 atom stereocenters. The lowest BCUT2D eigenvalue weighted by Crippen LogP contribution is -2.70. The van der Waals surface area contributed by atoms with Gasteiger partial charge in [-0.2, -0.15) is 43.9 Å². The summed E-state index contributed by atoms with van der Waals surface area (Å²) in [4.78, 5) is 0. The van der Waals surface area contributed by atoms with Crippen LogP contribution in [0.25, 0.3) is 0 Å². The summed E-state index contributed by atoms with van der Waals surface area (Å²) in [6, 6.07) is 0. The number of nitrogens with zero attached hydrogens (tertiary/aromatic N) is 1. The lowest BCUT2D eigenvalue weighted by Gasteiger charge is -2.40. The number of quaternary nitrogens is 1. The van der Waals surface area contributed by atoms with E-state index in [1.165, 1.54) is 30.7 Å². The molecule has 0 N–H and O–H groups in total. The van der Waals surface area contributed by atoms with E-state index < -0.39 is 58.1 Å². The second-order valence-electron chi connectivity index (χ2n) is 8.24. The van der Waals surface area contributed by atoms with Crippen molar-refractivity contribution in [3.05, 3.63) is 0 Å². The number of hydrogen-bond acceptors (Lipinski definition) is 3. The second kappa shape index (κ2) is 13.3. The molecule has 0 rings (SSSR count). The van der Waals surface area contributed by atoms with Crippen molar-refractivity contribution < 1.29 is 65.7 Å². The Balaban J connectivity index is 0. The molecule has 16 heteroatoms. The Morgan fingerprint density at radius 2 is 1.06 bits per heavy atom. The van der Waals surface area contributed by atoms with Crippen LogP contribution in [0.3, 0.4) is 0 Å². The van der Waals surface area contributed by atoms with Gasteiger partial charge in [0.2, 0.25) is 0 Å². The van der Waals surface area contributed by atoms with Crippen molar-refractivity contribution >= 4 is 10.1 Å². The van der Waals surface area contributed by atoms with Gasteiger partial charge in [-0.05, 0) is 34.1 Å². The zero-order valence-corrected chi connectivity index (χ0v) is 21.5. The lowest BCUT2D eigenvalue weighted by molar-refractivity contribution is -0.921. The predicted molar refractivity (Wildman–Crippen MR) is 111 cm³/mol. The smallest absolute Gasteiger partial charge is 0.402 e. The van der Waals surface area contributed by atoms with E-state index in [2.05, 4.69) is 27.7 Å². The highest BCUT2D eigenvalue weighted by Crippen LogP contribution is 2.59. The third-order valence-electron chi connectivity index (χ3n) is 6.27. The van der Waals surface area contributed by atoms with Gasteiger partial charge in [0.25, 0.3) is 0 Å². The molecule has 0 aliphatic carbocycles. The summed E-state index contributed by atoms with van der Waals surface area (Å²) in [5, 5.41) is -7.38. The summed E-state index contributed by atoms with van der Waals surface area (Å²) in [6.07, 6.45) is -5.36. The van der Waals surface area contributed by atoms with Gasteiger partial charge in [-0.3, -0.25) is 0 Å². The van der Waals surface area contributed by atoms with Crippen LogP contribution in [-0.4, -0.2) is 78.7 Å². The van der Waals surface area contributed by atoms with Crippen LogP contribution in [0.1, 0.15) is 66.7 Å². The van der Waals surface area contributed by atoms with Crippen molar-refractivity contribution in [2.45, 2.75) is 102 Å². The average Bonchev–Trinajstić information content (AvgIpc) is 2.77. The van der Waals surface area contributed by atoms with Gasteiger partial charge in [0.05, 0.1) is 26.2 Å². The predicted octanol–water partition coefficient (Wildman–Crippen LogP) is 6.86. The van der Waals surface area contributed by atoms with Crippen molar-refractivity contribution in [1.29, 1.82) is 0 Å². The van der Waals surface area contributed by atoms with Crippen molar-refractivity contribution in [2.75, 3.05) is 26.2 Å². The Bertz CT molecular complexity index is 740. The highest BCUT2D eigenvalue weighted by atomic mass is 32.2. The van der Waals surface area contributed by atoms with E-state index in [9.17, 15) is 61.3 Å². The van der Waals surface area contributed by atoms with Crippen LogP contribution >= 0.6 is 0 Å². The topological polar surface area (TPSA) is 57.2 Å². The maximum atomic E-state index is 13.4. The summed E-state index contributed by atoms with van der Waals surface area (Å²) >= 11 is 0. The third-order valence-corrected chi connectivity index (χ3v) is 7.16. The standard InChI is InChI=1S/C12H15F11O3S.C8H20N/c1-2-3-4-5-6-7(13)8(14,15)9(16,17)10(18,19)11(20,21)12(22,23)27(24,25)26;1-5-9(6-2,7-3)8-4/h7H,2-6H2,1H3,(H,24,25,26);5-8H2,1-4H3/q;+1/p-1. The molecule has 0 bridgehead atoms. The van der Waals surface area contributed by atoms with E-state index in [0.717, 1.165) is 0 Å². The molecule has 0 spiro atoms. The molecule has 4 nitrogen and oxygen atoms in total. The molecular weight excluding hydrogens is 543 g/mol. The molecule has 0 fully saturated rings. The monoisotopic (exact) mass is 577 g/mol. The Hall–Kier alpha value is -0.900. The summed E-state index contributed by atoms with van der Waals surface area (Å²) in [5.74, 6) is -29.6.